The first-order valence-corrected chi connectivity index (χ1v) is 7.52. The Labute approximate surface area is 123 Å². The van der Waals surface area contributed by atoms with Crippen LogP contribution in [0.15, 0.2) is 53.0 Å². The minimum atomic E-state index is -0.548. The van der Waals surface area contributed by atoms with Crippen LogP contribution in [0.3, 0.4) is 0 Å². The van der Waals surface area contributed by atoms with E-state index in [2.05, 4.69) is 35.0 Å². The molecule has 2 aromatic carbocycles. The quantitative estimate of drug-likeness (QED) is 0.833. The van der Waals surface area contributed by atoms with E-state index in [-0.39, 0.29) is 0 Å². The molecule has 0 amide bonds. The van der Waals surface area contributed by atoms with Gasteiger partial charge in [-0.05, 0) is 41.7 Å². The highest BCUT2D eigenvalue weighted by atomic mass is 79.9. The first-order valence-electron chi connectivity index (χ1n) is 6.73. The maximum absolute atomic E-state index is 10.3. The molecule has 1 unspecified atom stereocenters. The molecule has 0 aromatic heterocycles. The monoisotopic (exact) mass is 318 g/mol. The van der Waals surface area contributed by atoms with Crippen molar-refractivity contribution in [3.8, 4) is 0 Å². The Balaban J connectivity index is 2.10. The van der Waals surface area contributed by atoms with Gasteiger partial charge in [-0.3, -0.25) is 0 Å². The molecule has 2 heteroatoms. The van der Waals surface area contributed by atoms with Gasteiger partial charge in [0.05, 0.1) is 0 Å². The molecular weight excluding hydrogens is 300 g/mol. The zero-order valence-electron chi connectivity index (χ0n) is 11.1. The molecule has 19 heavy (non-hydrogen) atoms. The van der Waals surface area contributed by atoms with E-state index >= 15 is 0 Å². The summed E-state index contributed by atoms with van der Waals surface area (Å²) in [6.07, 6.45) is 3.00. The van der Waals surface area contributed by atoms with Gasteiger partial charge in [-0.2, -0.15) is 0 Å². The third-order valence-electron chi connectivity index (χ3n) is 3.30. The van der Waals surface area contributed by atoms with E-state index in [9.17, 15) is 5.11 Å². The molecule has 1 atom stereocenters. The maximum Gasteiger partial charge on any atom is 0.104 e. The number of rotatable bonds is 5. The summed E-state index contributed by atoms with van der Waals surface area (Å²) in [6, 6.07) is 16.1. The number of unbranched alkanes of at least 4 members (excludes halogenated alkanes) is 1. The lowest BCUT2D eigenvalue weighted by atomic mass is 9.99. The summed E-state index contributed by atoms with van der Waals surface area (Å²) in [5.41, 5.74) is 3.21. The smallest absolute Gasteiger partial charge is 0.104 e. The summed E-state index contributed by atoms with van der Waals surface area (Å²) < 4.78 is 1.03. The van der Waals surface area contributed by atoms with Crippen molar-refractivity contribution < 1.29 is 5.11 Å². The van der Waals surface area contributed by atoms with E-state index in [0.29, 0.717) is 0 Å². The molecule has 0 aliphatic heterocycles. The van der Waals surface area contributed by atoms with Crippen molar-refractivity contribution in [3.63, 3.8) is 0 Å². The largest absolute Gasteiger partial charge is 0.384 e. The zero-order valence-corrected chi connectivity index (χ0v) is 12.7. The molecule has 0 saturated carbocycles. The predicted octanol–water partition coefficient (Wildman–Crippen LogP) is 4.87. The highest BCUT2D eigenvalue weighted by molar-refractivity contribution is 9.10. The first kappa shape index (κ1) is 14.3. The molecule has 0 fully saturated rings. The fourth-order valence-corrected chi connectivity index (χ4v) is 2.35. The summed E-state index contributed by atoms with van der Waals surface area (Å²) in [5.74, 6) is 0. The van der Waals surface area contributed by atoms with Gasteiger partial charge in [0.25, 0.3) is 0 Å². The molecule has 1 nitrogen and oxygen atoms in total. The van der Waals surface area contributed by atoms with E-state index in [1.54, 1.807) is 0 Å². The van der Waals surface area contributed by atoms with Crippen LogP contribution in [0, 0.1) is 0 Å². The van der Waals surface area contributed by atoms with Crippen molar-refractivity contribution in [2.45, 2.75) is 32.3 Å². The molecule has 0 saturated heterocycles. The van der Waals surface area contributed by atoms with Crippen molar-refractivity contribution in [1.82, 2.24) is 0 Å². The summed E-state index contributed by atoms with van der Waals surface area (Å²) >= 11 is 3.40. The topological polar surface area (TPSA) is 20.2 Å². The molecule has 0 aliphatic rings. The molecule has 2 aromatic rings. The van der Waals surface area contributed by atoms with E-state index < -0.39 is 6.10 Å². The molecule has 0 aliphatic carbocycles. The third-order valence-corrected chi connectivity index (χ3v) is 3.83. The average molecular weight is 319 g/mol. The number of hydrogen-bond donors (Lipinski definition) is 1. The van der Waals surface area contributed by atoms with Gasteiger partial charge in [-0.15, -0.1) is 0 Å². The Morgan fingerprint density at radius 2 is 1.47 bits per heavy atom. The van der Waals surface area contributed by atoms with Gasteiger partial charge in [0.2, 0.25) is 0 Å². The van der Waals surface area contributed by atoms with Crippen LogP contribution in [0.2, 0.25) is 0 Å². The van der Waals surface area contributed by atoms with Gasteiger partial charge < -0.3 is 5.11 Å². The molecule has 0 radical (unpaired) electrons. The lowest BCUT2D eigenvalue weighted by Crippen LogP contribution is -1.99. The highest BCUT2D eigenvalue weighted by Gasteiger charge is 2.09. The minimum Gasteiger partial charge on any atom is -0.384 e. The Hall–Kier alpha value is -1.12. The van der Waals surface area contributed by atoms with Crippen LogP contribution in [0.1, 0.15) is 42.6 Å². The van der Waals surface area contributed by atoms with Gasteiger partial charge in [0.1, 0.15) is 6.10 Å². The second kappa shape index (κ2) is 6.88. The molecule has 1 N–H and O–H groups in total. The van der Waals surface area contributed by atoms with E-state index in [0.717, 1.165) is 22.0 Å². The summed E-state index contributed by atoms with van der Waals surface area (Å²) in [6.45, 7) is 2.20. The van der Waals surface area contributed by atoms with Crippen LogP contribution < -0.4 is 0 Å². The van der Waals surface area contributed by atoms with Gasteiger partial charge in [0, 0.05) is 4.47 Å². The second-order valence-electron chi connectivity index (χ2n) is 4.80. The number of hydrogen-bond acceptors (Lipinski definition) is 1. The molecule has 0 heterocycles. The third kappa shape index (κ3) is 3.92. The Morgan fingerprint density at radius 3 is 2.00 bits per heavy atom. The number of aliphatic hydroxyl groups excluding tert-OH is 1. The number of aryl methyl sites for hydroxylation is 1. The summed E-state index contributed by atoms with van der Waals surface area (Å²) in [5, 5.41) is 10.3. The van der Waals surface area contributed by atoms with Crippen molar-refractivity contribution in [2.24, 2.45) is 0 Å². The average Bonchev–Trinajstić information content (AvgIpc) is 2.46. The van der Waals surface area contributed by atoms with Crippen molar-refractivity contribution in [3.05, 3.63) is 69.7 Å². The Morgan fingerprint density at radius 1 is 0.947 bits per heavy atom. The lowest BCUT2D eigenvalue weighted by Gasteiger charge is -2.12. The van der Waals surface area contributed by atoms with E-state index in [1.165, 1.54) is 18.4 Å². The molecule has 2 rings (SSSR count). The number of halogens is 1. The highest BCUT2D eigenvalue weighted by Crippen LogP contribution is 2.24. The minimum absolute atomic E-state index is 0.548. The van der Waals surface area contributed by atoms with Crippen LogP contribution in [0.25, 0.3) is 0 Å². The Kier molecular flexibility index (Phi) is 5.17. The maximum atomic E-state index is 10.3. The van der Waals surface area contributed by atoms with Crippen LogP contribution in [-0.2, 0) is 6.42 Å². The van der Waals surface area contributed by atoms with Gasteiger partial charge in [-0.25, -0.2) is 0 Å². The van der Waals surface area contributed by atoms with Crippen LogP contribution in [0.5, 0.6) is 0 Å². The molecule has 100 valence electrons. The summed E-state index contributed by atoms with van der Waals surface area (Å²) in [4.78, 5) is 0. The van der Waals surface area contributed by atoms with Gasteiger partial charge in [0.15, 0.2) is 0 Å². The summed E-state index contributed by atoms with van der Waals surface area (Å²) in [7, 11) is 0. The molecular formula is C17H19BrO. The van der Waals surface area contributed by atoms with Crippen LogP contribution in [-0.4, -0.2) is 5.11 Å². The van der Waals surface area contributed by atoms with Gasteiger partial charge >= 0.3 is 0 Å². The van der Waals surface area contributed by atoms with E-state index in [4.69, 9.17) is 0 Å². The van der Waals surface area contributed by atoms with Crippen LogP contribution in [0.4, 0.5) is 0 Å². The molecule has 0 spiro atoms. The van der Waals surface area contributed by atoms with Crippen LogP contribution >= 0.6 is 15.9 Å². The van der Waals surface area contributed by atoms with Crippen molar-refractivity contribution >= 4 is 15.9 Å². The first-order chi connectivity index (χ1) is 9.20. The SMILES string of the molecule is CCCCc1ccc(C(O)c2ccc(Br)cc2)cc1. The predicted molar refractivity (Wildman–Crippen MR) is 83.3 cm³/mol. The normalized spacial score (nSPS) is 12.4. The fraction of sp³-hybridized carbons (Fsp3) is 0.294. The van der Waals surface area contributed by atoms with E-state index in [1.807, 2.05) is 36.4 Å². The second-order valence-corrected chi connectivity index (χ2v) is 5.71. The van der Waals surface area contributed by atoms with Gasteiger partial charge in [-0.1, -0.05) is 65.7 Å². The zero-order chi connectivity index (χ0) is 13.7. The lowest BCUT2D eigenvalue weighted by molar-refractivity contribution is 0.220. The van der Waals surface area contributed by atoms with Crippen molar-refractivity contribution in [1.29, 1.82) is 0 Å². The standard InChI is InChI=1S/C17H19BrO/c1-2-3-4-13-5-7-14(8-6-13)17(19)15-9-11-16(18)12-10-15/h5-12,17,19H,2-4H2,1H3. The van der Waals surface area contributed by atoms with Crippen molar-refractivity contribution in [2.75, 3.05) is 0 Å². The molecule has 0 bridgehead atoms. The fourth-order valence-electron chi connectivity index (χ4n) is 2.09. The Bertz CT molecular complexity index is 502. The number of aliphatic hydroxyl groups is 1. The number of benzene rings is 2.